The van der Waals surface area contributed by atoms with Crippen molar-refractivity contribution >= 4 is 34.1 Å². The first-order valence-corrected chi connectivity index (χ1v) is 5.34. The molecule has 0 aliphatic heterocycles. The average molecular weight is 320 g/mol. The van der Waals surface area contributed by atoms with E-state index in [-0.39, 0.29) is 11.3 Å². The van der Waals surface area contributed by atoms with E-state index in [1.807, 2.05) is 22.6 Å². The normalized spacial score (nSPS) is 10.7. The summed E-state index contributed by atoms with van der Waals surface area (Å²) in [6.07, 6.45) is 1.20. The van der Waals surface area contributed by atoms with Crippen molar-refractivity contribution in [1.29, 1.82) is 0 Å². The Balaban J connectivity index is 2.82. The van der Waals surface area contributed by atoms with Gasteiger partial charge in [-0.3, -0.25) is 4.79 Å². The van der Waals surface area contributed by atoms with E-state index in [1.165, 1.54) is 6.33 Å². The third-order valence-electron chi connectivity index (χ3n) is 1.76. The summed E-state index contributed by atoms with van der Waals surface area (Å²) in [4.78, 5) is 26.2. The summed E-state index contributed by atoms with van der Waals surface area (Å²) >= 11 is 1.97. The van der Waals surface area contributed by atoms with Gasteiger partial charge in [0, 0.05) is 0 Å². The molecule has 2 heterocycles. The zero-order valence-corrected chi connectivity index (χ0v) is 9.45. The van der Waals surface area contributed by atoms with Crippen LogP contribution in [0.2, 0.25) is 0 Å². The molecule has 9 heteroatoms. The highest BCUT2D eigenvalue weighted by molar-refractivity contribution is 14.1. The van der Waals surface area contributed by atoms with Crippen LogP contribution >= 0.6 is 22.6 Å². The third kappa shape index (κ3) is 1.48. The zero-order valence-electron chi connectivity index (χ0n) is 7.29. The van der Waals surface area contributed by atoms with Crippen LogP contribution in [0, 0.1) is 0 Å². The number of hydrogen-bond acceptors (Lipinski definition) is 5. The standard InChI is InChI=1S/C6H5IN6O2/c7-1-13-6(15)12-2-9-3(4(8)14)5(12)10-11-13/h2H,1H2,(H2,8,14). The molecule has 0 aromatic carbocycles. The van der Waals surface area contributed by atoms with Crippen LogP contribution in [0.15, 0.2) is 11.1 Å². The maximum absolute atomic E-state index is 11.6. The second-order valence-electron chi connectivity index (χ2n) is 2.64. The van der Waals surface area contributed by atoms with Crippen LogP contribution in [-0.2, 0) is 4.55 Å². The minimum Gasteiger partial charge on any atom is -0.364 e. The molecule has 0 bridgehead atoms. The van der Waals surface area contributed by atoms with Crippen molar-refractivity contribution in [3.8, 4) is 0 Å². The maximum atomic E-state index is 11.6. The van der Waals surface area contributed by atoms with Crippen LogP contribution in [0.5, 0.6) is 0 Å². The zero-order chi connectivity index (χ0) is 11.0. The minimum absolute atomic E-state index is 0.0554. The van der Waals surface area contributed by atoms with Gasteiger partial charge in [0.15, 0.2) is 11.3 Å². The number of carbonyl (C=O) groups excluding carboxylic acids is 1. The van der Waals surface area contributed by atoms with Crippen LogP contribution in [0.4, 0.5) is 0 Å². The van der Waals surface area contributed by atoms with Crippen molar-refractivity contribution in [1.82, 2.24) is 24.4 Å². The second kappa shape index (κ2) is 3.56. The summed E-state index contributed by atoms with van der Waals surface area (Å²) in [7, 11) is 0. The molecule has 0 aliphatic carbocycles. The summed E-state index contributed by atoms with van der Waals surface area (Å²) in [5.74, 6) is -0.738. The highest BCUT2D eigenvalue weighted by atomic mass is 127. The van der Waals surface area contributed by atoms with E-state index in [0.717, 1.165) is 9.08 Å². The first-order chi connectivity index (χ1) is 7.15. The summed E-state index contributed by atoms with van der Waals surface area (Å²) in [5.41, 5.74) is 4.67. The molecule has 0 saturated carbocycles. The first-order valence-electron chi connectivity index (χ1n) is 3.81. The molecular formula is C6H5IN6O2. The van der Waals surface area contributed by atoms with Gasteiger partial charge in [-0.25, -0.2) is 14.2 Å². The summed E-state index contributed by atoms with van der Waals surface area (Å²) < 4.78 is 2.63. The molecular weight excluding hydrogens is 315 g/mol. The molecule has 78 valence electrons. The van der Waals surface area contributed by atoms with Crippen LogP contribution in [0.1, 0.15) is 10.5 Å². The number of aromatic nitrogens is 5. The van der Waals surface area contributed by atoms with E-state index in [4.69, 9.17) is 5.73 Å². The van der Waals surface area contributed by atoms with Gasteiger partial charge in [0.1, 0.15) is 6.33 Å². The van der Waals surface area contributed by atoms with E-state index >= 15 is 0 Å². The fraction of sp³-hybridized carbons (Fsp3) is 0.167. The van der Waals surface area contributed by atoms with Crippen molar-refractivity contribution in [2.24, 2.45) is 5.73 Å². The predicted octanol–water partition coefficient (Wildman–Crippen LogP) is -1.22. The lowest BCUT2D eigenvalue weighted by Crippen LogP contribution is -2.28. The van der Waals surface area contributed by atoms with Crippen molar-refractivity contribution in [3.63, 3.8) is 0 Å². The third-order valence-corrected chi connectivity index (χ3v) is 2.41. The topological polar surface area (TPSA) is 108 Å². The van der Waals surface area contributed by atoms with E-state index in [1.54, 1.807) is 0 Å². The summed E-state index contributed by atoms with van der Waals surface area (Å²) in [5, 5.41) is 7.32. The number of fused-ring (bicyclic) bond motifs is 1. The molecule has 2 rings (SSSR count). The van der Waals surface area contributed by atoms with Crippen LogP contribution in [0.3, 0.4) is 0 Å². The van der Waals surface area contributed by atoms with Gasteiger partial charge in [0.25, 0.3) is 5.91 Å². The van der Waals surface area contributed by atoms with E-state index < -0.39 is 11.6 Å². The Morgan fingerprint density at radius 2 is 2.33 bits per heavy atom. The van der Waals surface area contributed by atoms with Crippen molar-refractivity contribution in [2.45, 2.75) is 4.55 Å². The number of rotatable bonds is 2. The number of nitrogens with two attached hydrogens (primary N) is 1. The number of hydrogen-bond donors (Lipinski definition) is 1. The van der Waals surface area contributed by atoms with Gasteiger partial charge in [-0.1, -0.05) is 27.8 Å². The van der Waals surface area contributed by atoms with E-state index in [9.17, 15) is 9.59 Å². The lowest BCUT2D eigenvalue weighted by atomic mass is 10.4. The number of nitrogens with zero attached hydrogens (tertiary/aromatic N) is 5. The fourth-order valence-electron chi connectivity index (χ4n) is 1.09. The molecule has 0 radical (unpaired) electrons. The molecule has 1 amide bonds. The molecule has 2 aromatic heterocycles. The lowest BCUT2D eigenvalue weighted by molar-refractivity contribution is 0.0997. The quantitative estimate of drug-likeness (QED) is 0.551. The van der Waals surface area contributed by atoms with Crippen LogP contribution < -0.4 is 11.4 Å². The summed E-state index contributed by atoms with van der Waals surface area (Å²) in [6.45, 7) is 0. The predicted molar refractivity (Wildman–Crippen MR) is 57.6 cm³/mol. The highest BCUT2D eigenvalue weighted by Crippen LogP contribution is 2.00. The van der Waals surface area contributed by atoms with E-state index in [0.29, 0.717) is 4.55 Å². The summed E-state index contributed by atoms with van der Waals surface area (Å²) in [6, 6.07) is 0. The van der Waals surface area contributed by atoms with Gasteiger partial charge in [0.2, 0.25) is 0 Å². The Labute approximate surface area is 96.2 Å². The highest BCUT2D eigenvalue weighted by Gasteiger charge is 2.14. The molecule has 0 saturated heterocycles. The second-order valence-corrected chi connectivity index (χ2v) is 3.32. The van der Waals surface area contributed by atoms with Crippen LogP contribution in [0.25, 0.3) is 5.65 Å². The number of primary amides is 1. The minimum atomic E-state index is -0.738. The Hall–Kier alpha value is -1.52. The van der Waals surface area contributed by atoms with Crippen molar-refractivity contribution in [2.75, 3.05) is 0 Å². The van der Waals surface area contributed by atoms with E-state index in [2.05, 4.69) is 15.3 Å². The molecule has 0 aliphatic rings. The Morgan fingerprint density at radius 1 is 1.60 bits per heavy atom. The monoisotopic (exact) mass is 320 g/mol. The average Bonchev–Trinajstić information content (AvgIpc) is 2.62. The Kier molecular flexibility index (Phi) is 2.38. The molecule has 2 aromatic rings. The Bertz CT molecular complexity index is 587. The SMILES string of the molecule is NC(=O)c1ncn2c(=O)n(CI)nnc12. The molecule has 8 nitrogen and oxygen atoms in total. The largest absolute Gasteiger partial charge is 0.364 e. The maximum Gasteiger partial charge on any atom is 0.353 e. The molecule has 0 spiro atoms. The van der Waals surface area contributed by atoms with Gasteiger partial charge in [-0.15, -0.1) is 5.10 Å². The van der Waals surface area contributed by atoms with Crippen LogP contribution in [-0.4, -0.2) is 30.3 Å². The molecule has 15 heavy (non-hydrogen) atoms. The molecule has 2 N–H and O–H groups in total. The lowest BCUT2D eigenvalue weighted by Gasteiger charge is -1.97. The molecule has 0 unspecified atom stereocenters. The van der Waals surface area contributed by atoms with Crippen molar-refractivity contribution < 1.29 is 4.79 Å². The van der Waals surface area contributed by atoms with Gasteiger partial charge < -0.3 is 5.73 Å². The molecule has 0 atom stereocenters. The number of imidazole rings is 1. The fourth-order valence-corrected chi connectivity index (χ4v) is 1.51. The van der Waals surface area contributed by atoms with Gasteiger partial charge in [-0.05, 0) is 0 Å². The number of carbonyl (C=O) groups is 1. The number of alkyl halides is 1. The Morgan fingerprint density at radius 3 is 2.93 bits per heavy atom. The van der Waals surface area contributed by atoms with Gasteiger partial charge >= 0.3 is 5.69 Å². The smallest absolute Gasteiger partial charge is 0.353 e. The van der Waals surface area contributed by atoms with Gasteiger partial charge in [0.05, 0.1) is 4.55 Å². The number of halogens is 1. The first kappa shape index (κ1) is 10.0. The van der Waals surface area contributed by atoms with Gasteiger partial charge in [-0.2, -0.15) is 4.68 Å². The van der Waals surface area contributed by atoms with Crippen molar-refractivity contribution in [3.05, 3.63) is 22.5 Å². The molecule has 0 fully saturated rings. The number of amides is 1.